The lowest BCUT2D eigenvalue weighted by atomic mass is 10.3. The van der Waals surface area contributed by atoms with Gasteiger partial charge in [0.05, 0.1) is 17.9 Å². The summed E-state index contributed by atoms with van der Waals surface area (Å²) in [6.45, 7) is 6.01. The molecule has 2 aromatic rings. The maximum Gasteiger partial charge on any atom is 0.287 e. The van der Waals surface area contributed by atoms with Crippen LogP contribution in [0.4, 0.5) is 5.69 Å². The van der Waals surface area contributed by atoms with Gasteiger partial charge in [0, 0.05) is 19.9 Å². The molecule has 0 atom stereocenters. The number of nitrogens with zero attached hydrogens (tertiary/aromatic N) is 4. The van der Waals surface area contributed by atoms with Gasteiger partial charge in [0.2, 0.25) is 5.89 Å². The Labute approximate surface area is 120 Å². The maximum absolute atomic E-state index is 12.0. The van der Waals surface area contributed by atoms with E-state index < -0.39 is 0 Å². The van der Waals surface area contributed by atoms with Crippen molar-refractivity contribution in [1.82, 2.24) is 19.9 Å². The zero-order valence-electron chi connectivity index (χ0n) is 11.6. The third-order valence-electron chi connectivity index (χ3n) is 2.67. The Hall–Kier alpha value is -1.89. The van der Waals surface area contributed by atoms with Gasteiger partial charge in [-0.25, -0.2) is 4.68 Å². The number of rotatable bonds is 5. The van der Waals surface area contributed by atoms with Crippen LogP contribution in [0.2, 0.25) is 5.02 Å². The summed E-state index contributed by atoms with van der Waals surface area (Å²) in [5.74, 6) is 1.13. The fraction of sp³-hybridized carbons (Fsp3) is 0.500. The van der Waals surface area contributed by atoms with Gasteiger partial charge in [-0.05, 0) is 13.8 Å². The van der Waals surface area contributed by atoms with E-state index in [1.54, 1.807) is 13.1 Å². The zero-order valence-corrected chi connectivity index (χ0v) is 12.3. The molecule has 0 radical (unpaired) electrons. The van der Waals surface area contributed by atoms with Crippen LogP contribution in [0.1, 0.15) is 31.6 Å². The Morgan fingerprint density at radius 1 is 1.50 bits per heavy atom. The number of halogens is 1. The highest BCUT2D eigenvalue weighted by Crippen LogP contribution is 2.16. The number of nitrogens with one attached hydrogen (secondary N) is 1. The van der Waals surface area contributed by atoms with Gasteiger partial charge in [-0.2, -0.15) is 10.1 Å². The first kappa shape index (κ1) is 14.5. The lowest BCUT2D eigenvalue weighted by Crippen LogP contribution is -2.26. The van der Waals surface area contributed by atoms with E-state index in [1.807, 2.05) is 13.8 Å². The molecule has 2 heterocycles. The van der Waals surface area contributed by atoms with E-state index in [2.05, 4.69) is 20.6 Å². The molecule has 0 fully saturated rings. The summed E-state index contributed by atoms with van der Waals surface area (Å²) in [5.41, 5.74) is 0.204. The number of hydrogen-bond acceptors (Lipinski definition) is 6. The van der Waals surface area contributed by atoms with E-state index in [-0.39, 0.29) is 16.6 Å². The van der Waals surface area contributed by atoms with Gasteiger partial charge in [0.15, 0.2) is 5.82 Å². The molecule has 0 amide bonds. The van der Waals surface area contributed by atoms with Gasteiger partial charge in [-0.1, -0.05) is 16.8 Å². The number of hydrogen-bond donors (Lipinski definition) is 1. The highest BCUT2D eigenvalue weighted by molar-refractivity contribution is 6.32. The molecule has 20 heavy (non-hydrogen) atoms. The number of aryl methyl sites for hydroxylation is 1. The third-order valence-corrected chi connectivity index (χ3v) is 3.03. The smallest absolute Gasteiger partial charge is 0.287 e. The van der Waals surface area contributed by atoms with Crippen molar-refractivity contribution < 1.29 is 4.52 Å². The highest BCUT2D eigenvalue weighted by Gasteiger charge is 2.11. The fourth-order valence-electron chi connectivity index (χ4n) is 1.69. The van der Waals surface area contributed by atoms with Gasteiger partial charge in [-0.15, -0.1) is 0 Å². The number of anilines is 1. The van der Waals surface area contributed by atoms with Crippen molar-refractivity contribution in [2.24, 2.45) is 0 Å². The Bertz CT molecular complexity index is 650. The van der Waals surface area contributed by atoms with Crippen LogP contribution in [0.5, 0.6) is 0 Å². The average Bonchev–Trinajstić information content (AvgIpc) is 2.80. The van der Waals surface area contributed by atoms with Crippen molar-refractivity contribution >= 4 is 17.3 Å². The van der Waals surface area contributed by atoms with Crippen LogP contribution in [-0.2, 0) is 6.42 Å². The molecule has 0 bridgehead atoms. The molecule has 0 unspecified atom stereocenters. The minimum atomic E-state index is -0.304. The molecule has 1 N–H and O–H groups in total. The second-order valence-corrected chi connectivity index (χ2v) is 5.00. The molecular weight excluding hydrogens is 282 g/mol. The van der Waals surface area contributed by atoms with Gasteiger partial charge < -0.3 is 9.84 Å². The molecule has 0 aliphatic rings. The maximum atomic E-state index is 12.0. The standard InChI is InChI=1S/C12H16ClN5O2/c1-7(2)18-12(19)11(13)9(6-15-18)14-5-4-10-16-8(3)20-17-10/h6-7,14H,4-5H2,1-3H3. The van der Waals surface area contributed by atoms with Gasteiger partial charge in [0.1, 0.15) is 5.02 Å². The summed E-state index contributed by atoms with van der Waals surface area (Å²) in [6, 6.07) is -0.0312. The monoisotopic (exact) mass is 297 g/mol. The van der Waals surface area contributed by atoms with Crippen LogP contribution >= 0.6 is 11.6 Å². The summed E-state index contributed by atoms with van der Waals surface area (Å²) in [7, 11) is 0. The first-order valence-corrected chi connectivity index (χ1v) is 6.67. The molecule has 0 aliphatic carbocycles. The van der Waals surface area contributed by atoms with E-state index in [0.29, 0.717) is 30.4 Å². The molecule has 0 spiro atoms. The molecule has 0 aromatic carbocycles. The molecule has 2 aromatic heterocycles. The van der Waals surface area contributed by atoms with Crippen molar-refractivity contribution in [2.45, 2.75) is 33.2 Å². The van der Waals surface area contributed by atoms with Crippen LogP contribution < -0.4 is 10.9 Å². The molecule has 7 nitrogen and oxygen atoms in total. The highest BCUT2D eigenvalue weighted by atomic mass is 35.5. The lowest BCUT2D eigenvalue weighted by Gasteiger charge is -2.11. The first-order chi connectivity index (χ1) is 9.49. The van der Waals surface area contributed by atoms with Crippen LogP contribution in [0, 0.1) is 6.92 Å². The van der Waals surface area contributed by atoms with Crippen molar-refractivity contribution in [2.75, 3.05) is 11.9 Å². The fourth-order valence-corrected chi connectivity index (χ4v) is 1.89. The molecule has 0 saturated heterocycles. The molecule has 2 rings (SSSR count). The third kappa shape index (κ3) is 3.16. The first-order valence-electron chi connectivity index (χ1n) is 6.29. The normalized spacial score (nSPS) is 11.1. The molecule has 0 aliphatic heterocycles. The molecule has 0 saturated carbocycles. The minimum absolute atomic E-state index is 0.0312. The molecule has 108 valence electrons. The summed E-state index contributed by atoms with van der Waals surface area (Å²) in [4.78, 5) is 16.0. The van der Waals surface area contributed by atoms with E-state index in [1.165, 1.54) is 4.68 Å². The quantitative estimate of drug-likeness (QED) is 0.906. The summed E-state index contributed by atoms with van der Waals surface area (Å²) >= 11 is 6.04. The molecule has 8 heteroatoms. The van der Waals surface area contributed by atoms with Crippen molar-refractivity contribution in [3.05, 3.63) is 33.3 Å². The van der Waals surface area contributed by atoms with E-state index in [4.69, 9.17) is 16.1 Å². The lowest BCUT2D eigenvalue weighted by molar-refractivity contribution is 0.387. The Balaban J connectivity index is 2.03. The average molecular weight is 298 g/mol. The Morgan fingerprint density at radius 3 is 2.85 bits per heavy atom. The van der Waals surface area contributed by atoms with E-state index in [9.17, 15) is 4.79 Å². The predicted octanol–water partition coefficient (Wildman–Crippen LogP) is 1.82. The van der Waals surface area contributed by atoms with Gasteiger partial charge in [0.25, 0.3) is 5.56 Å². The Kier molecular flexibility index (Phi) is 4.39. The van der Waals surface area contributed by atoms with Gasteiger partial charge in [-0.3, -0.25) is 4.79 Å². The number of aromatic nitrogens is 4. The summed E-state index contributed by atoms with van der Waals surface area (Å²) in [6.07, 6.45) is 2.12. The predicted molar refractivity (Wildman–Crippen MR) is 75.1 cm³/mol. The van der Waals surface area contributed by atoms with Crippen LogP contribution in [0.15, 0.2) is 15.5 Å². The van der Waals surface area contributed by atoms with Crippen molar-refractivity contribution in [3.8, 4) is 0 Å². The second kappa shape index (κ2) is 6.04. The second-order valence-electron chi connectivity index (χ2n) is 4.62. The SMILES string of the molecule is Cc1nc(CCNc2cnn(C(C)C)c(=O)c2Cl)no1. The van der Waals surface area contributed by atoms with Gasteiger partial charge >= 0.3 is 0 Å². The van der Waals surface area contributed by atoms with Crippen LogP contribution in [0.25, 0.3) is 0 Å². The largest absolute Gasteiger partial charge is 0.382 e. The van der Waals surface area contributed by atoms with Crippen LogP contribution in [-0.4, -0.2) is 26.5 Å². The Morgan fingerprint density at radius 2 is 2.25 bits per heavy atom. The van der Waals surface area contributed by atoms with Crippen molar-refractivity contribution in [3.63, 3.8) is 0 Å². The van der Waals surface area contributed by atoms with Crippen LogP contribution in [0.3, 0.4) is 0 Å². The molecular formula is C12H16ClN5O2. The van der Waals surface area contributed by atoms with E-state index in [0.717, 1.165) is 0 Å². The van der Waals surface area contributed by atoms with Crippen molar-refractivity contribution in [1.29, 1.82) is 0 Å². The summed E-state index contributed by atoms with van der Waals surface area (Å²) in [5, 5.41) is 11.0. The minimum Gasteiger partial charge on any atom is -0.382 e. The zero-order chi connectivity index (χ0) is 14.7. The van der Waals surface area contributed by atoms with E-state index >= 15 is 0 Å². The summed E-state index contributed by atoms with van der Waals surface area (Å²) < 4.78 is 6.21. The topological polar surface area (TPSA) is 85.8 Å².